The zero-order valence-corrected chi connectivity index (χ0v) is 14.3. The smallest absolute Gasteiger partial charge is 0.241 e. The van der Waals surface area contributed by atoms with Crippen molar-refractivity contribution in [1.82, 2.24) is 10.0 Å². The molecule has 21 heavy (non-hydrogen) atoms. The van der Waals surface area contributed by atoms with Crippen LogP contribution in [0.2, 0.25) is 0 Å². The molecule has 2 N–H and O–H groups in total. The van der Waals surface area contributed by atoms with E-state index in [9.17, 15) is 8.42 Å². The van der Waals surface area contributed by atoms with Crippen molar-refractivity contribution in [2.24, 2.45) is 0 Å². The molecule has 0 aliphatic heterocycles. The van der Waals surface area contributed by atoms with Gasteiger partial charge in [-0.3, -0.25) is 0 Å². The number of hydrogen-bond acceptors (Lipinski definition) is 5. The number of sulfonamides is 1. The van der Waals surface area contributed by atoms with E-state index in [0.717, 1.165) is 22.6 Å². The molecule has 1 aromatic heterocycles. The molecular formula is C14H24N2O3S2. The normalized spacial score (nSPS) is 16.7. The maximum absolute atomic E-state index is 12.3. The highest BCUT2D eigenvalue weighted by molar-refractivity contribution is 7.89. The first-order valence-electron chi connectivity index (χ1n) is 7.38. The summed E-state index contributed by atoms with van der Waals surface area (Å²) in [5, 5.41) is 3.03. The molecule has 1 fully saturated rings. The van der Waals surface area contributed by atoms with Crippen molar-refractivity contribution in [2.75, 3.05) is 20.2 Å². The van der Waals surface area contributed by atoms with Crippen LogP contribution in [0, 0.1) is 6.92 Å². The van der Waals surface area contributed by atoms with Gasteiger partial charge >= 0.3 is 0 Å². The lowest BCUT2D eigenvalue weighted by Gasteiger charge is -2.11. The predicted molar refractivity (Wildman–Crippen MR) is 85.2 cm³/mol. The highest BCUT2D eigenvalue weighted by Gasteiger charge is 2.20. The summed E-state index contributed by atoms with van der Waals surface area (Å²) in [6.45, 7) is 3.30. The Morgan fingerprint density at radius 2 is 2.10 bits per heavy atom. The standard InChI is InChI=1S/C14H24N2O3S2/c1-11-14(9-13(20-11)10-15-2)21(17,18)16-7-8-19-12-5-3-4-6-12/h9,12,15-16H,3-8,10H2,1-2H3. The number of nitrogens with one attached hydrogen (secondary N) is 2. The van der Waals surface area contributed by atoms with Crippen LogP contribution in [0.25, 0.3) is 0 Å². The second-order valence-electron chi connectivity index (χ2n) is 5.34. The van der Waals surface area contributed by atoms with Crippen LogP contribution in [-0.4, -0.2) is 34.7 Å². The van der Waals surface area contributed by atoms with E-state index in [4.69, 9.17) is 4.74 Å². The molecule has 0 radical (unpaired) electrons. The van der Waals surface area contributed by atoms with E-state index in [1.165, 1.54) is 24.2 Å². The fourth-order valence-electron chi connectivity index (χ4n) is 2.59. The largest absolute Gasteiger partial charge is 0.377 e. The van der Waals surface area contributed by atoms with Crippen LogP contribution >= 0.6 is 11.3 Å². The molecule has 0 bridgehead atoms. The third-order valence-corrected chi connectivity index (χ3v) is 6.38. The number of ether oxygens (including phenoxy) is 1. The van der Waals surface area contributed by atoms with Crippen LogP contribution < -0.4 is 10.0 Å². The van der Waals surface area contributed by atoms with Crippen molar-refractivity contribution < 1.29 is 13.2 Å². The minimum atomic E-state index is -3.43. The van der Waals surface area contributed by atoms with Gasteiger partial charge < -0.3 is 10.1 Å². The second kappa shape index (κ2) is 7.69. The highest BCUT2D eigenvalue weighted by atomic mass is 32.2. The molecule has 1 saturated carbocycles. The van der Waals surface area contributed by atoms with Gasteiger partial charge in [0.15, 0.2) is 0 Å². The molecule has 1 aliphatic carbocycles. The van der Waals surface area contributed by atoms with Crippen molar-refractivity contribution in [1.29, 1.82) is 0 Å². The summed E-state index contributed by atoms with van der Waals surface area (Å²) >= 11 is 1.51. The van der Waals surface area contributed by atoms with Crippen LogP contribution in [0.3, 0.4) is 0 Å². The van der Waals surface area contributed by atoms with E-state index in [0.29, 0.717) is 30.7 Å². The molecule has 0 spiro atoms. The third-order valence-electron chi connectivity index (χ3n) is 3.61. The second-order valence-corrected chi connectivity index (χ2v) is 8.41. The van der Waals surface area contributed by atoms with Gasteiger partial charge in [-0.05, 0) is 32.9 Å². The van der Waals surface area contributed by atoms with E-state index >= 15 is 0 Å². The van der Waals surface area contributed by atoms with E-state index in [-0.39, 0.29) is 0 Å². The molecule has 0 aromatic carbocycles. The summed E-state index contributed by atoms with van der Waals surface area (Å²) < 4.78 is 32.9. The lowest BCUT2D eigenvalue weighted by Crippen LogP contribution is -2.28. The minimum absolute atomic E-state index is 0.319. The fraction of sp³-hybridized carbons (Fsp3) is 0.714. The Bertz CT molecular complexity index is 549. The van der Waals surface area contributed by atoms with Gasteiger partial charge in [-0.2, -0.15) is 0 Å². The van der Waals surface area contributed by atoms with Crippen LogP contribution in [0.1, 0.15) is 35.4 Å². The summed E-state index contributed by atoms with van der Waals surface area (Å²) in [7, 11) is -1.58. The van der Waals surface area contributed by atoms with Crippen molar-refractivity contribution in [3.05, 3.63) is 15.8 Å². The summed E-state index contributed by atoms with van der Waals surface area (Å²) in [6.07, 6.45) is 4.96. The molecule has 0 atom stereocenters. The van der Waals surface area contributed by atoms with Crippen LogP contribution in [-0.2, 0) is 21.3 Å². The Kier molecular flexibility index (Phi) is 6.19. The van der Waals surface area contributed by atoms with Crippen LogP contribution in [0.4, 0.5) is 0 Å². The van der Waals surface area contributed by atoms with E-state index < -0.39 is 10.0 Å². The van der Waals surface area contributed by atoms with Gasteiger partial charge in [0.05, 0.1) is 17.6 Å². The average molecular weight is 332 g/mol. The van der Waals surface area contributed by atoms with E-state index in [2.05, 4.69) is 10.0 Å². The Labute approximate surface area is 131 Å². The van der Waals surface area contributed by atoms with Gasteiger partial charge in [-0.25, -0.2) is 13.1 Å². The average Bonchev–Trinajstić information content (AvgIpc) is 3.05. The number of thiophene rings is 1. The van der Waals surface area contributed by atoms with E-state index in [1.807, 2.05) is 14.0 Å². The first kappa shape index (κ1) is 16.9. The molecule has 1 aromatic rings. The van der Waals surface area contributed by atoms with Gasteiger partial charge in [0, 0.05) is 22.8 Å². The lowest BCUT2D eigenvalue weighted by atomic mass is 10.3. The zero-order valence-electron chi connectivity index (χ0n) is 12.6. The molecule has 0 unspecified atom stereocenters. The molecule has 5 nitrogen and oxygen atoms in total. The molecule has 0 amide bonds. The van der Waals surface area contributed by atoms with Gasteiger partial charge in [-0.15, -0.1) is 11.3 Å². The first-order valence-corrected chi connectivity index (χ1v) is 9.68. The molecule has 1 heterocycles. The zero-order chi connectivity index (χ0) is 15.3. The third kappa shape index (κ3) is 4.75. The quantitative estimate of drug-likeness (QED) is 0.715. The number of aryl methyl sites for hydroxylation is 1. The molecule has 2 rings (SSSR count). The lowest BCUT2D eigenvalue weighted by molar-refractivity contribution is 0.0626. The maximum atomic E-state index is 12.3. The fourth-order valence-corrected chi connectivity index (χ4v) is 5.25. The molecule has 7 heteroatoms. The predicted octanol–water partition coefficient (Wildman–Crippen LogP) is 2.01. The van der Waals surface area contributed by atoms with Gasteiger partial charge in [0.25, 0.3) is 0 Å². The number of rotatable bonds is 8. The SMILES string of the molecule is CNCc1cc(S(=O)(=O)NCCOC2CCCC2)c(C)s1. The molecule has 0 saturated heterocycles. The summed E-state index contributed by atoms with van der Waals surface area (Å²) in [5.74, 6) is 0. The Hall–Kier alpha value is -0.470. The van der Waals surface area contributed by atoms with Crippen molar-refractivity contribution in [2.45, 2.75) is 50.2 Å². The van der Waals surface area contributed by atoms with Crippen molar-refractivity contribution in [3.63, 3.8) is 0 Å². The monoisotopic (exact) mass is 332 g/mol. The van der Waals surface area contributed by atoms with Gasteiger partial charge in [0.1, 0.15) is 0 Å². The summed E-state index contributed by atoms with van der Waals surface area (Å²) in [6, 6.07) is 1.75. The Morgan fingerprint density at radius 1 is 1.38 bits per heavy atom. The molecule has 120 valence electrons. The van der Waals surface area contributed by atoms with Crippen molar-refractivity contribution in [3.8, 4) is 0 Å². The van der Waals surface area contributed by atoms with Crippen LogP contribution in [0.5, 0.6) is 0 Å². The first-order chi connectivity index (χ1) is 10.0. The number of hydrogen-bond donors (Lipinski definition) is 2. The Balaban J connectivity index is 1.85. The van der Waals surface area contributed by atoms with Gasteiger partial charge in [-0.1, -0.05) is 12.8 Å². The Morgan fingerprint density at radius 3 is 2.76 bits per heavy atom. The minimum Gasteiger partial charge on any atom is -0.377 e. The molecular weight excluding hydrogens is 308 g/mol. The highest BCUT2D eigenvalue weighted by Crippen LogP contribution is 2.25. The summed E-state index contributed by atoms with van der Waals surface area (Å²) in [4.78, 5) is 2.24. The van der Waals surface area contributed by atoms with Gasteiger partial charge in [0.2, 0.25) is 10.0 Å². The van der Waals surface area contributed by atoms with E-state index in [1.54, 1.807) is 6.07 Å². The molecule has 1 aliphatic rings. The summed E-state index contributed by atoms with van der Waals surface area (Å²) in [5.41, 5.74) is 0. The van der Waals surface area contributed by atoms with Crippen LogP contribution in [0.15, 0.2) is 11.0 Å². The van der Waals surface area contributed by atoms with Crippen molar-refractivity contribution >= 4 is 21.4 Å². The topological polar surface area (TPSA) is 67.4 Å². The maximum Gasteiger partial charge on any atom is 0.241 e.